The van der Waals surface area contributed by atoms with E-state index in [1.54, 1.807) is 26.2 Å². The van der Waals surface area contributed by atoms with Gasteiger partial charge in [0, 0.05) is 6.20 Å². The highest BCUT2D eigenvalue weighted by Crippen LogP contribution is 2.32. The standard InChI is InChI=1S/C14H14F3N3/c1-9-7-10(14(15,16)17)3-4-11(9)13(18-2)12-5-6-19-8-20-12/h3-8,13,18H,1-2H3. The maximum atomic E-state index is 12.7. The van der Waals surface area contributed by atoms with Gasteiger partial charge in [-0.25, -0.2) is 9.97 Å². The Labute approximate surface area is 114 Å². The molecule has 1 atom stereocenters. The highest BCUT2D eigenvalue weighted by Gasteiger charge is 2.31. The van der Waals surface area contributed by atoms with Crippen LogP contribution < -0.4 is 5.32 Å². The zero-order valence-electron chi connectivity index (χ0n) is 11.1. The number of rotatable bonds is 3. The first kappa shape index (κ1) is 14.5. The third-order valence-electron chi connectivity index (χ3n) is 3.10. The van der Waals surface area contributed by atoms with Gasteiger partial charge in [-0.3, -0.25) is 0 Å². The zero-order valence-corrected chi connectivity index (χ0v) is 11.1. The van der Waals surface area contributed by atoms with Crippen molar-refractivity contribution in [2.45, 2.75) is 19.1 Å². The van der Waals surface area contributed by atoms with Crippen molar-refractivity contribution in [3.8, 4) is 0 Å². The Morgan fingerprint density at radius 2 is 1.95 bits per heavy atom. The Kier molecular flexibility index (Phi) is 4.04. The molecule has 20 heavy (non-hydrogen) atoms. The van der Waals surface area contributed by atoms with E-state index in [0.717, 1.165) is 17.7 Å². The van der Waals surface area contributed by atoms with Crippen molar-refractivity contribution in [3.63, 3.8) is 0 Å². The number of nitrogens with zero attached hydrogens (tertiary/aromatic N) is 2. The Morgan fingerprint density at radius 3 is 2.45 bits per heavy atom. The second-order valence-electron chi connectivity index (χ2n) is 4.43. The minimum atomic E-state index is -4.33. The van der Waals surface area contributed by atoms with Crippen molar-refractivity contribution in [2.24, 2.45) is 0 Å². The summed E-state index contributed by atoms with van der Waals surface area (Å²) in [6.45, 7) is 1.66. The first-order valence-corrected chi connectivity index (χ1v) is 6.04. The molecule has 1 N–H and O–H groups in total. The number of benzene rings is 1. The second-order valence-corrected chi connectivity index (χ2v) is 4.43. The summed E-state index contributed by atoms with van der Waals surface area (Å²) in [5.41, 5.74) is 1.40. The number of alkyl halides is 3. The normalized spacial score (nSPS) is 13.2. The summed E-state index contributed by atoms with van der Waals surface area (Å²) in [6, 6.07) is 5.20. The van der Waals surface area contributed by atoms with Crippen LogP contribution in [0.15, 0.2) is 36.8 Å². The van der Waals surface area contributed by atoms with Crippen molar-refractivity contribution in [1.29, 1.82) is 0 Å². The summed E-state index contributed by atoms with van der Waals surface area (Å²) in [5, 5.41) is 3.06. The molecule has 1 heterocycles. The van der Waals surface area contributed by atoms with Gasteiger partial charge in [0.1, 0.15) is 6.33 Å². The van der Waals surface area contributed by atoms with E-state index >= 15 is 0 Å². The molecule has 0 saturated heterocycles. The number of aromatic nitrogens is 2. The van der Waals surface area contributed by atoms with Crippen LogP contribution in [0.4, 0.5) is 13.2 Å². The van der Waals surface area contributed by atoms with Gasteiger partial charge in [-0.2, -0.15) is 13.2 Å². The maximum absolute atomic E-state index is 12.7. The molecule has 0 aliphatic carbocycles. The van der Waals surface area contributed by atoms with Crippen molar-refractivity contribution in [1.82, 2.24) is 15.3 Å². The van der Waals surface area contributed by atoms with Crippen LogP contribution >= 0.6 is 0 Å². The molecule has 2 aromatic rings. The predicted molar refractivity (Wildman–Crippen MR) is 69.1 cm³/mol. The topological polar surface area (TPSA) is 37.8 Å². The van der Waals surface area contributed by atoms with E-state index in [0.29, 0.717) is 11.3 Å². The van der Waals surface area contributed by atoms with E-state index in [-0.39, 0.29) is 6.04 Å². The van der Waals surface area contributed by atoms with Gasteiger partial charge in [-0.05, 0) is 43.3 Å². The van der Waals surface area contributed by atoms with Crippen LogP contribution in [0, 0.1) is 6.92 Å². The fraction of sp³-hybridized carbons (Fsp3) is 0.286. The fourth-order valence-corrected chi connectivity index (χ4v) is 2.11. The number of nitrogens with one attached hydrogen (secondary N) is 1. The van der Waals surface area contributed by atoms with Crippen LogP contribution in [-0.2, 0) is 6.18 Å². The van der Waals surface area contributed by atoms with Crippen LogP contribution in [0.3, 0.4) is 0 Å². The minimum Gasteiger partial charge on any atom is -0.308 e. The van der Waals surface area contributed by atoms with Gasteiger partial charge in [0.05, 0.1) is 17.3 Å². The van der Waals surface area contributed by atoms with Crippen molar-refractivity contribution >= 4 is 0 Å². The highest BCUT2D eigenvalue weighted by atomic mass is 19.4. The summed E-state index contributed by atoms with van der Waals surface area (Å²) in [7, 11) is 1.74. The third-order valence-corrected chi connectivity index (χ3v) is 3.10. The van der Waals surface area contributed by atoms with E-state index < -0.39 is 11.7 Å². The van der Waals surface area contributed by atoms with Gasteiger partial charge < -0.3 is 5.32 Å². The lowest BCUT2D eigenvalue weighted by Gasteiger charge is -2.19. The Bertz CT molecular complexity index is 582. The molecule has 3 nitrogen and oxygen atoms in total. The molecule has 0 fully saturated rings. The quantitative estimate of drug-likeness (QED) is 0.939. The molecule has 0 bridgehead atoms. The molecule has 1 aromatic heterocycles. The molecule has 106 valence electrons. The molecule has 0 amide bonds. The average molecular weight is 281 g/mol. The molecule has 0 aliphatic heterocycles. The predicted octanol–water partition coefficient (Wildman–Crippen LogP) is 3.11. The van der Waals surface area contributed by atoms with Gasteiger partial charge in [-0.15, -0.1) is 0 Å². The fourth-order valence-electron chi connectivity index (χ4n) is 2.11. The zero-order chi connectivity index (χ0) is 14.8. The molecule has 1 unspecified atom stereocenters. The molecule has 6 heteroatoms. The minimum absolute atomic E-state index is 0.264. The number of hydrogen-bond donors (Lipinski definition) is 1. The van der Waals surface area contributed by atoms with Gasteiger partial charge in [-0.1, -0.05) is 6.07 Å². The van der Waals surface area contributed by atoms with E-state index in [1.165, 1.54) is 12.4 Å². The van der Waals surface area contributed by atoms with Crippen molar-refractivity contribution in [3.05, 3.63) is 59.2 Å². The second kappa shape index (κ2) is 5.58. The van der Waals surface area contributed by atoms with Crippen LogP contribution in [0.5, 0.6) is 0 Å². The lowest BCUT2D eigenvalue weighted by atomic mass is 9.96. The van der Waals surface area contributed by atoms with E-state index in [9.17, 15) is 13.2 Å². The van der Waals surface area contributed by atoms with Crippen LogP contribution in [0.2, 0.25) is 0 Å². The number of halogens is 3. The molecular weight excluding hydrogens is 267 g/mol. The Hall–Kier alpha value is -1.95. The summed E-state index contributed by atoms with van der Waals surface area (Å²) in [6.07, 6.45) is -1.31. The summed E-state index contributed by atoms with van der Waals surface area (Å²) in [5.74, 6) is 0. The monoisotopic (exact) mass is 281 g/mol. The van der Waals surface area contributed by atoms with Crippen LogP contribution in [0.25, 0.3) is 0 Å². The molecule has 0 spiro atoms. The molecule has 2 rings (SSSR count). The highest BCUT2D eigenvalue weighted by molar-refractivity contribution is 5.38. The lowest BCUT2D eigenvalue weighted by molar-refractivity contribution is -0.137. The molecular formula is C14H14F3N3. The number of hydrogen-bond acceptors (Lipinski definition) is 3. The number of aryl methyl sites for hydroxylation is 1. The first-order valence-electron chi connectivity index (χ1n) is 6.04. The summed E-state index contributed by atoms with van der Waals surface area (Å²) < 4.78 is 38.0. The Morgan fingerprint density at radius 1 is 1.20 bits per heavy atom. The third kappa shape index (κ3) is 2.96. The maximum Gasteiger partial charge on any atom is 0.416 e. The average Bonchev–Trinajstić information content (AvgIpc) is 2.41. The summed E-state index contributed by atoms with van der Waals surface area (Å²) >= 11 is 0. The largest absolute Gasteiger partial charge is 0.416 e. The van der Waals surface area contributed by atoms with E-state index in [4.69, 9.17) is 0 Å². The van der Waals surface area contributed by atoms with Gasteiger partial charge >= 0.3 is 6.18 Å². The molecule has 0 saturated carbocycles. The SMILES string of the molecule is CNC(c1ccncn1)c1ccc(C(F)(F)F)cc1C. The lowest BCUT2D eigenvalue weighted by Crippen LogP contribution is -2.20. The molecule has 0 aliphatic rings. The van der Waals surface area contributed by atoms with Gasteiger partial charge in [0.25, 0.3) is 0 Å². The van der Waals surface area contributed by atoms with E-state index in [1.807, 2.05) is 0 Å². The van der Waals surface area contributed by atoms with E-state index in [2.05, 4.69) is 15.3 Å². The Balaban J connectivity index is 2.42. The van der Waals surface area contributed by atoms with Crippen molar-refractivity contribution in [2.75, 3.05) is 7.05 Å². The summed E-state index contributed by atoms with van der Waals surface area (Å²) in [4.78, 5) is 7.98. The molecule has 0 radical (unpaired) electrons. The first-order chi connectivity index (χ1) is 9.43. The van der Waals surface area contributed by atoms with Crippen LogP contribution in [-0.4, -0.2) is 17.0 Å². The van der Waals surface area contributed by atoms with Gasteiger partial charge in [0.2, 0.25) is 0 Å². The van der Waals surface area contributed by atoms with Crippen LogP contribution in [0.1, 0.15) is 28.4 Å². The van der Waals surface area contributed by atoms with Crippen molar-refractivity contribution < 1.29 is 13.2 Å². The van der Waals surface area contributed by atoms with Gasteiger partial charge in [0.15, 0.2) is 0 Å². The molecule has 1 aromatic carbocycles. The smallest absolute Gasteiger partial charge is 0.308 e.